The smallest absolute Gasteiger partial charge is 0.00955 e. The second-order valence-electron chi connectivity index (χ2n) is 6.09. The van der Waals surface area contributed by atoms with Crippen LogP contribution in [0.2, 0.25) is 0 Å². The van der Waals surface area contributed by atoms with Gasteiger partial charge in [0.15, 0.2) is 0 Å². The number of fused-ring (bicyclic) bond motifs is 1. The van der Waals surface area contributed by atoms with Gasteiger partial charge in [-0.15, -0.1) is 0 Å². The van der Waals surface area contributed by atoms with Crippen LogP contribution in [0.1, 0.15) is 58.8 Å². The molecule has 82 valence electrons. The Morgan fingerprint density at radius 1 is 1.00 bits per heavy atom. The Morgan fingerprint density at radius 3 is 2.64 bits per heavy atom. The zero-order valence-corrected chi connectivity index (χ0v) is 9.81. The van der Waals surface area contributed by atoms with Gasteiger partial charge in [0, 0.05) is 12.6 Å². The zero-order chi connectivity index (χ0) is 10.0. The second-order valence-corrected chi connectivity index (χ2v) is 6.09. The van der Waals surface area contributed by atoms with Gasteiger partial charge in [0.25, 0.3) is 0 Å². The Kier molecular flexibility index (Phi) is 3.16. The first-order valence-electron chi connectivity index (χ1n) is 6.41. The molecule has 1 heteroatoms. The summed E-state index contributed by atoms with van der Waals surface area (Å²) in [5.41, 5.74) is 0.534. The Bertz CT molecular complexity index is 168. The van der Waals surface area contributed by atoms with Crippen molar-refractivity contribution in [2.45, 2.75) is 64.8 Å². The molecule has 2 unspecified atom stereocenters. The van der Waals surface area contributed by atoms with Crippen molar-refractivity contribution in [2.75, 3.05) is 6.54 Å². The summed E-state index contributed by atoms with van der Waals surface area (Å²) in [5, 5.41) is 3.81. The Balaban J connectivity index is 1.99. The van der Waals surface area contributed by atoms with Gasteiger partial charge < -0.3 is 5.32 Å². The summed E-state index contributed by atoms with van der Waals surface area (Å²) < 4.78 is 0. The SMILES string of the molecule is CC1(C)CCC2CCCCCC2NC1. The van der Waals surface area contributed by atoms with E-state index in [-0.39, 0.29) is 0 Å². The number of hydrogen-bond donors (Lipinski definition) is 1. The molecular weight excluding hydrogens is 170 g/mol. The van der Waals surface area contributed by atoms with E-state index in [1.165, 1.54) is 51.5 Å². The molecule has 2 aliphatic rings. The van der Waals surface area contributed by atoms with E-state index in [1.54, 1.807) is 0 Å². The molecule has 0 aromatic rings. The fourth-order valence-corrected chi connectivity index (χ4v) is 3.07. The molecule has 2 fully saturated rings. The van der Waals surface area contributed by atoms with Gasteiger partial charge in [0.05, 0.1) is 0 Å². The van der Waals surface area contributed by atoms with Gasteiger partial charge in [0.1, 0.15) is 0 Å². The molecule has 0 radical (unpaired) electrons. The normalized spacial score (nSPS) is 38.1. The maximum atomic E-state index is 3.81. The van der Waals surface area contributed by atoms with Crippen LogP contribution in [0.25, 0.3) is 0 Å². The van der Waals surface area contributed by atoms with Crippen molar-refractivity contribution in [1.82, 2.24) is 5.32 Å². The molecule has 1 saturated heterocycles. The molecule has 0 amide bonds. The van der Waals surface area contributed by atoms with Crippen molar-refractivity contribution in [3.8, 4) is 0 Å². The van der Waals surface area contributed by atoms with Crippen LogP contribution in [0, 0.1) is 11.3 Å². The average Bonchev–Trinajstić information content (AvgIpc) is 2.42. The summed E-state index contributed by atoms with van der Waals surface area (Å²) in [7, 11) is 0. The molecule has 1 aliphatic heterocycles. The highest BCUT2D eigenvalue weighted by molar-refractivity contribution is 4.87. The van der Waals surface area contributed by atoms with E-state index in [9.17, 15) is 0 Å². The molecule has 2 atom stereocenters. The molecule has 1 heterocycles. The molecule has 1 nitrogen and oxygen atoms in total. The van der Waals surface area contributed by atoms with Crippen molar-refractivity contribution in [1.29, 1.82) is 0 Å². The van der Waals surface area contributed by atoms with Crippen LogP contribution in [0.15, 0.2) is 0 Å². The quantitative estimate of drug-likeness (QED) is 0.625. The molecule has 14 heavy (non-hydrogen) atoms. The number of hydrogen-bond acceptors (Lipinski definition) is 1. The van der Waals surface area contributed by atoms with Crippen LogP contribution in [-0.4, -0.2) is 12.6 Å². The third-order valence-corrected chi connectivity index (χ3v) is 4.19. The van der Waals surface area contributed by atoms with Crippen LogP contribution < -0.4 is 5.32 Å². The minimum atomic E-state index is 0.534. The predicted octanol–water partition coefficient (Wildman–Crippen LogP) is 3.34. The Hall–Kier alpha value is -0.0400. The van der Waals surface area contributed by atoms with E-state index in [0.29, 0.717) is 5.41 Å². The molecule has 2 rings (SSSR count). The lowest BCUT2D eigenvalue weighted by molar-refractivity contribution is 0.325. The first kappa shape index (κ1) is 10.5. The third-order valence-electron chi connectivity index (χ3n) is 4.19. The highest BCUT2D eigenvalue weighted by Gasteiger charge is 2.30. The first-order valence-corrected chi connectivity index (χ1v) is 6.41. The lowest BCUT2D eigenvalue weighted by atomic mass is 9.84. The van der Waals surface area contributed by atoms with Crippen molar-refractivity contribution in [2.24, 2.45) is 11.3 Å². The predicted molar refractivity (Wildman–Crippen MR) is 61.4 cm³/mol. The minimum absolute atomic E-state index is 0.534. The van der Waals surface area contributed by atoms with Crippen LogP contribution in [0.3, 0.4) is 0 Å². The lowest BCUT2D eigenvalue weighted by Crippen LogP contribution is -2.37. The van der Waals surface area contributed by atoms with Gasteiger partial charge in [0.2, 0.25) is 0 Å². The first-order chi connectivity index (χ1) is 6.67. The van der Waals surface area contributed by atoms with Crippen molar-refractivity contribution in [3.05, 3.63) is 0 Å². The molecule has 0 aromatic carbocycles. The topological polar surface area (TPSA) is 12.0 Å². The molecule has 1 aliphatic carbocycles. The largest absolute Gasteiger partial charge is 0.313 e. The van der Waals surface area contributed by atoms with Crippen LogP contribution >= 0.6 is 0 Å². The van der Waals surface area contributed by atoms with Gasteiger partial charge in [-0.3, -0.25) is 0 Å². The standard InChI is InChI=1S/C13H25N/c1-13(2)9-8-11-6-4-3-5-7-12(11)14-10-13/h11-12,14H,3-10H2,1-2H3. The summed E-state index contributed by atoms with van der Waals surface area (Å²) in [6, 6.07) is 0.847. The van der Waals surface area contributed by atoms with E-state index < -0.39 is 0 Å². The second kappa shape index (κ2) is 4.22. The number of nitrogens with one attached hydrogen (secondary N) is 1. The highest BCUT2D eigenvalue weighted by Crippen LogP contribution is 2.34. The maximum Gasteiger partial charge on any atom is 0.00955 e. The molecule has 0 spiro atoms. The maximum absolute atomic E-state index is 3.81. The van der Waals surface area contributed by atoms with E-state index in [1.807, 2.05) is 0 Å². The number of rotatable bonds is 0. The molecule has 0 bridgehead atoms. The van der Waals surface area contributed by atoms with Gasteiger partial charge in [-0.1, -0.05) is 33.1 Å². The third kappa shape index (κ3) is 2.50. The fourth-order valence-electron chi connectivity index (χ4n) is 3.07. The van der Waals surface area contributed by atoms with Gasteiger partial charge in [-0.2, -0.15) is 0 Å². The summed E-state index contributed by atoms with van der Waals surface area (Å²) in [5.74, 6) is 0.985. The van der Waals surface area contributed by atoms with Gasteiger partial charge in [-0.05, 0) is 37.0 Å². The van der Waals surface area contributed by atoms with Crippen LogP contribution in [0.4, 0.5) is 0 Å². The van der Waals surface area contributed by atoms with Crippen LogP contribution in [-0.2, 0) is 0 Å². The van der Waals surface area contributed by atoms with E-state index in [4.69, 9.17) is 0 Å². The minimum Gasteiger partial charge on any atom is -0.313 e. The van der Waals surface area contributed by atoms with Gasteiger partial charge >= 0.3 is 0 Å². The zero-order valence-electron chi connectivity index (χ0n) is 9.81. The monoisotopic (exact) mass is 195 g/mol. The van der Waals surface area contributed by atoms with Crippen molar-refractivity contribution in [3.63, 3.8) is 0 Å². The lowest BCUT2D eigenvalue weighted by Gasteiger charge is -2.23. The fraction of sp³-hybridized carbons (Fsp3) is 1.00. The summed E-state index contributed by atoms with van der Waals surface area (Å²) >= 11 is 0. The summed E-state index contributed by atoms with van der Waals surface area (Å²) in [6.45, 7) is 6.05. The van der Waals surface area contributed by atoms with Crippen molar-refractivity contribution >= 4 is 0 Å². The molecular formula is C13H25N. The molecule has 1 saturated carbocycles. The van der Waals surface area contributed by atoms with E-state index in [0.717, 1.165) is 12.0 Å². The van der Waals surface area contributed by atoms with Crippen molar-refractivity contribution < 1.29 is 0 Å². The van der Waals surface area contributed by atoms with E-state index >= 15 is 0 Å². The summed E-state index contributed by atoms with van der Waals surface area (Å²) in [4.78, 5) is 0. The summed E-state index contributed by atoms with van der Waals surface area (Å²) in [6.07, 6.45) is 10.2. The van der Waals surface area contributed by atoms with Crippen LogP contribution in [0.5, 0.6) is 0 Å². The molecule has 1 N–H and O–H groups in total. The van der Waals surface area contributed by atoms with Gasteiger partial charge in [-0.25, -0.2) is 0 Å². The highest BCUT2D eigenvalue weighted by atomic mass is 14.9. The van der Waals surface area contributed by atoms with E-state index in [2.05, 4.69) is 19.2 Å². The average molecular weight is 195 g/mol. The molecule has 0 aromatic heterocycles. The Morgan fingerprint density at radius 2 is 1.79 bits per heavy atom. The Labute approximate surface area is 88.7 Å².